The first kappa shape index (κ1) is 14.1. The van der Waals surface area contributed by atoms with Gasteiger partial charge < -0.3 is 14.3 Å². The number of fused-ring (bicyclic) bond motifs is 1. The fourth-order valence-corrected chi connectivity index (χ4v) is 2.10. The number of nitrogens with one attached hydrogen (secondary N) is 1. The van der Waals surface area contributed by atoms with E-state index in [1.165, 1.54) is 21.0 Å². The minimum atomic E-state index is -1.45. The van der Waals surface area contributed by atoms with E-state index in [0.29, 0.717) is 36.8 Å². The highest BCUT2D eigenvalue weighted by atomic mass is 19.1. The van der Waals surface area contributed by atoms with E-state index >= 15 is 0 Å². The number of benzene rings is 1. The number of rotatable bonds is 4. The van der Waals surface area contributed by atoms with Crippen LogP contribution in [0.3, 0.4) is 0 Å². The molecule has 0 aromatic heterocycles. The van der Waals surface area contributed by atoms with Gasteiger partial charge in [0.15, 0.2) is 11.5 Å². The van der Waals surface area contributed by atoms with Gasteiger partial charge in [-0.3, -0.25) is 0 Å². The number of ether oxygens (including phenoxy) is 2. The van der Waals surface area contributed by atoms with E-state index in [1.807, 2.05) is 6.07 Å². The Morgan fingerprint density at radius 2 is 1.89 bits per heavy atom. The summed E-state index contributed by atoms with van der Waals surface area (Å²) in [6.07, 6.45) is 0.828. The molecule has 4 nitrogen and oxygen atoms in total. The quantitative estimate of drug-likeness (QED) is 0.853. The summed E-state index contributed by atoms with van der Waals surface area (Å²) in [5.74, 6) is 1.28. The second-order valence-electron chi connectivity index (χ2n) is 5.00. The first-order valence-corrected chi connectivity index (χ1v) is 6.40. The molecular weight excluding hydrogens is 249 g/mol. The summed E-state index contributed by atoms with van der Waals surface area (Å²) in [5, 5.41) is 0. The average Bonchev–Trinajstić information content (AvgIpc) is 2.58. The van der Waals surface area contributed by atoms with Crippen LogP contribution < -0.4 is 15.0 Å². The van der Waals surface area contributed by atoms with Crippen LogP contribution in [-0.4, -0.2) is 20.3 Å². The maximum absolute atomic E-state index is 14.3. The molecule has 0 spiro atoms. The van der Waals surface area contributed by atoms with E-state index in [2.05, 4.69) is 5.48 Å². The molecule has 106 valence electrons. The zero-order valence-electron chi connectivity index (χ0n) is 11.6. The van der Waals surface area contributed by atoms with Crippen molar-refractivity contribution in [1.82, 2.24) is 5.48 Å². The van der Waals surface area contributed by atoms with E-state index in [-0.39, 0.29) is 0 Å². The second-order valence-corrected chi connectivity index (χ2v) is 5.00. The van der Waals surface area contributed by atoms with E-state index in [0.717, 1.165) is 12.0 Å². The SMILES string of the molecule is CONCc1cc2c(cc1C(C)(C)F)OCCCO2. The van der Waals surface area contributed by atoms with Crippen molar-refractivity contribution in [2.75, 3.05) is 20.3 Å². The van der Waals surface area contributed by atoms with Crippen LogP contribution in [0.2, 0.25) is 0 Å². The highest BCUT2D eigenvalue weighted by Gasteiger charge is 2.25. The smallest absolute Gasteiger partial charge is 0.161 e. The van der Waals surface area contributed by atoms with Crippen LogP contribution >= 0.6 is 0 Å². The Balaban J connectivity index is 2.41. The van der Waals surface area contributed by atoms with Crippen LogP contribution in [0.1, 0.15) is 31.4 Å². The highest BCUT2D eigenvalue weighted by molar-refractivity contribution is 5.49. The van der Waals surface area contributed by atoms with Gasteiger partial charge in [-0.05, 0) is 37.1 Å². The lowest BCUT2D eigenvalue weighted by molar-refractivity contribution is 0.0855. The summed E-state index contributed by atoms with van der Waals surface area (Å²) in [6, 6.07) is 3.55. The van der Waals surface area contributed by atoms with Gasteiger partial charge in [0.2, 0.25) is 0 Å². The summed E-state index contributed by atoms with van der Waals surface area (Å²) >= 11 is 0. The number of hydrogen-bond acceptors (Lipinski definition) is 4. The predicted molar refractivity (Wildman–Crippen MR) is 70.0 cm³/mol. The standard InChI is InChI=1S/C14H20FNO3/c1-14(2,15)11-8-13-12(18-5-4-6-19-13)7-10(11)9-16-17-3/h7-8,16H,4-6,9H2,1-3H3. The average molecular weight is 269 g/mol. The molecule has 1 aliphatic rings. The summed E-state index contributed by atoms with van der Waals surface area (Å²) < 4.78 is 25.5. The Bertz CT molecular complexity index is 443. The van der Waals surface area contributed by atoms with E-state index < -0.39 is 5.67 Å². The summed E-state index contributed by atoms with van der Waals surface area (Å²) in [5.41, 5.74) is 2.68. The molecule has 0 fully saturated rings. The molecule has 1 aliphatic heterocycles. The van der Waals surface area contributed by atoms with Crippen molar-refractivity contribution < 1.29 is 18.7 Å². The van der Waals surface area contributed by atoms with Crippen LogP contribution in [0.25, 0.3) is 0 Å². The first-order valence-electron chi connectivity index (χ1n) is 6.40. The maximum Gasteiger partial charge on any atom is 0.161 e. The molecule has 19 heavy (non-hydrogen) atoms. The van der Waals surface area contributed by atoms with Crippen molar-refractivity contribution in [3.05, 3.63) is 23.3 Å². The van der Waals surface area contributed by atoms with Crippen LogP contribution in [0.5, 0.6) is 11.5 Å². The third-order valence-electron chi connectivity index (χ3n) is 3.02. The number of alkyl halides is 1. The maximum atomic E-state index is 14.3. The van der Waals surface area contributed by atoms with Crippen molar-refractivity contribution in [1.29, 1.82) is 0 Å². The van der Waals surface area contributed by atoms with Crippen LogP contribution in [-0.2, 0) is 17.1 Å². The molecule has 0 atom stereocenters. The Labute approximate surface area is 112 Å². The summed E-state index contributed by atoms with van der Waals surface area (Å²) in [6.45, 7) is 4.68. The van der Waals surface area contributed by atoms with E-state index in [1.54, 1.807) is 6.07 Å². The van der Waals surface area contributed by atoms with Crippen molar-refractivity contribution in [3.63, 3.8) is 0 Å². The normalized spacial score (nSPS) is 15.2. The molecule has 1 heterocycles. The lowest BCUT2D eigenvalue weighted by atomic mass is 9.94. The van der Waals surface area contributed by atoms with Gasteiger partial charge in [0, 0.05) is 13.0 Å². The number of hydrogen-bond donors (Lipinski definition) is 1. The fourth-order valence-electron chi connectivity index (χ4n) is 2.10. The molecule has 1 aromatic carbocycles. The number of hydroxylamine groups is 1. The van der Waals surface area contributed by atoms with Gasteiger partial charge in [-0.2, -0.15) is 5.48 Å². The molecule has 0 amide bonds. The first-order chi connectivity index (χ1) is 9.02. The monoisotopic (exact) mass is 269 g/mol. The minimum Gasteiger partial charge on any atom is -0.490 e. The summed E-state index contributed by atoms with van der Waals surface area (Å²) in [4.78, 5) is 4.84. The Morgan fingerprint density at radius 1 is 1.26 bits per heavy atom. The van der Waals surface area contributed by atoms with E-state index in [4.69, 9.17) is 14.3 Å². The molecule has 0 saturated heterocycles. The molecule has 1 N–H and O–H groups in total. The molecule has 0 unspecified atom stereocenters. The van der Waals surface area contributed by atoms with Gasteiger partial charge >= 0.3 is 0 Å². The molecule has 0 radical (unpaired) electrons. The van der Waals surface area contributed by atoms with Gasteiger partial charge in [-0.1, -0.05) is 0 Å². The third-order valence-corrected chi connectivity index (χ3v) is 3.02. The second kappa shape index (κ2) is 5.75. The highest BCUT2D eigenvalue weighted by Crippen LogP contribution is 2.38. The van der Waals surface area contributed by atoms with Gasteiger partial charge in [-0.15, -0.1) is 0 Å². The molecule has 1 aromatic rings. The third kappa shape index (κ3) is 3.36. The van der Waals surface area contributed by atoms with Gasteiger partial charge in [0.1, 0.15) is 5.67 Å². The van der Waals surface area contributed by atoms with Crippen LogP contribution in [0.15, 0.2) is 12.1 Å². The number of halogens is 1. The van der Waals surface area contributed by atoms with Gasteiger partial charge in [0.05, 0.1) is 20.3 Å². The Kier molecular flexibility index (Phi) is 4.27. The van der Waals surface area contributed by atoms with Crippen molar-refractivity contribution >= 4 is 0 Å². The van der Waals surface area contributed by atoms with Crippen molar-refractivity contribution in [3.8, 4) is 11.5 Å². The lowest BCUT2D eigenvalue weighted by Crippen LogP contribution is -2.18. The zero-order valence-corrected chi connectivity index (χ0v) is 11.6. The van der Waals surface area contributed by atoms with E-state index in [9.17, 15) is 4.39 Å². The zero-order chi connectivity index (χ0) is 13.9. The van der Waals surface area contributed by atoms with Crippen LogP contribution in [0, 0.1) is 0 Å². The van der Waals surface area contributed by atoms with Gasteiger partial charge in [0.25, 0.3) is 0 Å². The Morgan fingerprint density at radius 3 is 2.47 bits per heavy atom. The molecule has 2 rings (SSSR count). The topological polar surface area (TPSA) is 39.7 Å². The molecular formula is C14H20FNO3. The molecule has 0 saturated carbocycles. The van der Waals surface area contributed by atoms with Crippen molar-refractivity contribution in [2.45, 2.75) is 32.5 Å². The molecule has 0 aliphatic carbocycles. The lowest BCUT2D eigenvalue weighted by Gasteiger charge is -2.21. The Hall–Kier alpha value is -1.33. The fraction of sp³-hybridized carbons (Fsp3) is 0.571. The summed E-state index contributed by atoms with van der Waals surface area (Å²) in [7, 11) is 1.53. The minimum absolute atomic E-state index is 0.413. The van der Waals surface area contributed by atoms with Crippen molar-refractivity contribution in [2.24, 2.45) is 0 Å². The predicted octanol–water partition coefficient (Wildman–Crippen LogP) is 2.70. The molecule has 5 heteroatoms. The largest absolute Gasteiger partial charge is 0.490 e. The van der Waals surface area contributed by atoms with Crippen LogP contribution in [0.4, 0.5) is 4.39 Å². The molecule has 0 bridgehead atoms. The van der Waals surface area contributed by atoms with Gasteiger partial charge in [-0.25, -0.2) is 4.39 Å².